The molecular formula is C47H76O6. The van der Waals surface area contributed by atoms with Crippen molar-refractivity contribution in [1.29, 1.82) is 0 Å². The zero-order chi connectivity index (χ0) is 38.7. The minimum Gasteiger partial charge on any atom is -0.462 e. The minimum atomic E-state index is -0.814. The molecule has 0 aliphatic carbocycles. The van der Waals surface area contributed by atoms with Gasteiger partial charge in [0.2, 0.25) is 0 Å². The molecule has 0 saturated heterocycles. The highest BCUT2D eigenvalue weighted by Crippen LogP contribution is 2.12. The van der Waals surface area contributed by atoms with Gasteiger partial charge in [-0.05, 0) is 77.0 Å². The Hall–Kier alpha value is -3.41. The van der Waals surface area contributed by atoms with Crippen molar-refractivity contribution in [3.8, 4) is 0 Å². The topological polar surface area (TPSA) is 78.9 Å². The second-order valence-corrected chi connectivity index (χ2v) is 13.5. The molecule has 53 heavy (non-hydrogen) atoms. The van der Waals surface area contributed by atoms with Gasteiger partial charge in [-0.2, -0.15) is 0 Å². The summed E-state index contributed by atoms with van der Waals surface area (Å²) >= 11 is 0. The fourth-order valence-electron chi connectivity index (χ4n) is 5.29. The summed E-state index contributed by atoms with van der Waals surface area (Å²) in [6.45, 7) is 6.25. The van der Waals surface area contributed by atoms with E-state index in [-0.39, 0.29) is 37.5 Å². The number of hydrogen-bond acceptors (Lipinski definition) is 6. The minimum absolute atomic E-state index is 0.117. The number of carbonyl (C=O) groups excluding carboxylic acids is 3. The molecular weight excluding hydrogens is 661 g/mol. The molecule has 0 N–H and O–H groups in total. The van der Waals surface area contributed by atoms with Gasteiger partial charge in [0.15, 0.2) is 6.10 Å². The standard InChI is InChI=1S/C47H76O6/c1-4-7-10-13-16-19-21-22-23-24-25-26-29-31-34-37-40-46(49)52-43-44(42-51-45(48)39-36-33-30-27-18-15-12-9-6-3)53-47(50)41-38-35-32-28-20-17-14-11-8-5-2/h7,9-10,12,16,18-19,22-23,25-27,31,34,44H,4-6,8,11,13-15,17,20-21,24,28-30,32-33,35-43H2,1-3H3/b10-7-,12-9-,19-16-,23-22-,26-25-,27-18-,34-31-. The molecule has 1 atom stereocenters. The highest BCUT2D eigenvalue weighted by atomic mass is 16.6. The maximum Gasteiger partial charge on any atom is 0.306 e. The van der Waals surface area contributed by atoms with Crippen molar-refractivity contribution < 1.29 is 28.6 Å². The first-order chi connectivity index (χ1) is 26.0. The SMILES string of the molecule is CC/C=C\C/C=C\C/C=C\C/C=C\C/C=C\CCC(=O)OCC(COC(=O)CCCC/C=C\C/C=C\CC)OC(=O)CCCCCCCCCCCC. The Morgan fingerprint density at radius 2 is 0.774 bits per heavy atom. The van der Waals surface area contributed by atoms with Crippen molar-refractivity contribution in [2.24, 2.45) is 0 Å². The molecule has 6 heteroatoms. The molecule has 6 nitrogen and oxygen atoms in total. The number of allylic oxidation sites excluding steroid dienone is 14. The number of ether oxygens (including phenoxy) is 3. The van der Waals surface area contributed by atoms with Crippen LogP contribution >= 0.6 is 0 Å². The van der Waals surface area contributed by atoms with Crippen molar-refractivity contribution in [2.75, 3.05) is 13.2 Å². The maximum absolute atomic E-state index is 12.6. The molecule has 0 radical (unpaired) electrons. The molecule has 0 aromatic rings. The van der Waals surface area contributed by atoms with E-state index >= 15 is 0 Å². The van der Waals surface area contributed by atoms with E-state index in [4.69, 9.17) is 14.2 Å². The summed E-state index contributed by atoms with van der Waals surface area (Å²) in [4.78, 5) is 37.5. The molecule has 1 unspecified atom stereocenters. The van der Waals surface area contributed by atoms with E-state index in [1.54, 1.807) is 0 Å². The van der Waals surface area contributed by atoms with Gasteiger partial charge in [0, 0.05) is 19.3 Å². The summed E-state index contributed by atoms with van der Waals surface area (Å²) in [6.07, 6.45) is 51.6. The van der Waals surface area contributed by atoms with E-state index in [1.165, 1.54) is 44.9 Å². The Balaban J connectivity index is 4.51. The highest BCUT2D eigenvalue weighted by Gasteiger charge is 2.19. The first-order valence-electron chi connectivity index (χ1n) is 21.1. The van der Waals surface area contributed by atoms with Crippen molar-refractivity contribution in [3.05, 3.63) is 85.1 Å². The summed E-state index contributed by atoms with van der Waals surface area (Å²) in [5, 5.41) is 0. The molecule has 0 aromatic heterocycles. The molecule has 0 bridgehead atoms. The fourth-order valence-corrected chi connectivity index (χ4v) is 5.29. The molecule has 300 valence electrons. The van der Waals surface area contributed by atoms with Gasteiger partial charge in [-0.25, -0.2) is 0 Å². The van der Waals surface area contributed by atoms with E-state index in [9.17, 15) is 14.4 Å². The number of esters is 3. The van der Waals surface area contributed by atoms with Crippen LogP contribution in [0.2, 0.25) is 0 Å². The van der Waals surface area contributed by atoms with E-state index < -0.39 is 6.10 Å². The lowest BCUT2D eigenvalue weighted by Crippen LogP contribution is -2.30. The Kier molecular flexibility index (Phi) is 38.7. The molecule has 0 aliphatic rings. The quantitative estimate of drug-likeness (QED) is 0.0276. The number of hydrogen-bond donors (Lipinski definition) is 0. The summed E-state index contributed by atoms with van der Waals surface area (Å²) in [6, 6.07) is 0. The van der Waals surface area contributed by atoms with Crippen LogP contribution in [0, 0.1) is 0 Å². The first-order valence-corrected chi connectivity index (χ1v) is 21.1. The van der Waals surface area contributed by atoms with E-state index in [0.29, 0.717) is 19.3 Å². The molecule has 0 fully saturated rings. The summed E-state index contributed by atoms with van der Waals surface area (Å²) in [5.74, 6) is -1.05. The van der Waals surface area contributed by atoms with Crippen molar-refractivity contribution in [1.82, 2.24) is 0 Å². The third kappa shape index (κ3) is 39.6. The van der Waals surface area contributed by atoms with Crippen LogP contribution in [-0.4, -0.2) is 37.2 Å². The lowest BCUT2D eigenvalue weighted by Gasteiger charge is -2.18. The van der Waals surface area contributed by atoms with Crippen LogP contribution in [0.3, 0.4) is 0 Å². The second-order valence-electron chi connectivity index (χ2n) is 13.5. The largest absolute Gasteiger partial charge is 0.462 e. The summed E-state index contributed by atoms with van der Waals surface area (Å²) < 4.78 is 16.5. The van der Waals surface area contributed by atoms with Crippen molar-refractivity contribution in [3.63, 3.8) is 0 Å². The van der Waals surface area contributed by atoms with E-state index in [2.05, 4.69) is 93.7 Å². The molecule has 0 saturated carbocycles. The van der Waals surface area contributed by atoms with Gasteiger partial charge in [0.05, 0.1) is 0 Å². The van der Waals surface area contributed by atoms with Crippen LogP contribution in [0.4, 0.5) is 0 Å². The van der Waals surface area contributed by atoms with Crippen molar-refractivity contribution >= 4 is 17.9 Å². The molecule has 0 aromatic carbocycles. The van der Waals surface area contributed by atoms with Crippen LogP contribution in [0.5, 0.6) is 0 Å². The summed E-state index contributed by atoms with van der Waals surface area (Å²) in [5.41, 5.74) is 0. The number of carbonyl (C=O) groups is 3. The first kappa shape index (κ1) is 49.6. The zero-order valence-electron chi connectivity index (χ0n) is 34.0. The van der Waals surface area contributed by atoms with Gasteiger partial charge < -0.3 is 14.2 Å². The fraction of sp³-hybridized carbons (Fsp3) is 0.638. The highest BCUT2D eigenvalue weighted by molar-refractivity contribution is 5.71. The number of unbranched alkanes of at least 4 members (excludes halogenated alkanes) is 11. The van der Waals surface area contributed by atoms with Gasteiger partial charge in [0.1, 0.15) is 13.2 Å². The Bertz CT molecular complexity index is 1080. The Labute approximate surface area is 325 Å². The summed E-state index contributed by atoms with van der Waals surface area (Å²) in [7, 11) is 0. The normalized spacial score (nSPS) is 12.9. The van der Waals surface area contributed by atoms with Gasteiger partial charge in [-0.3, -0.25) is 14.4 Å². The lowest BCUT2D eigenvalue weighted by atomic mass is 10.1. The number of rotatable bonds is 36. The smallest absolute Gasteiger partial charge is 0.306 e. The van der Waals surface area contributed by atoms with Gasteiger partial charge in [-0.15, -0.1) is 0 Å². The average Bonchev–Trinajstić information content (AvgIpc) is 3.15. The van der Waals surface area contributed by atoms with Crippen LogP contribution in [0.25, 0.3) is 0 Å². The molecule has 0 heterocycles. The van der Waals surface area contributed by atoms with Gasteiger partial charge >= 0.3 is 17.9 Å². The predicted octanol–water partition coefficient (Wildman–Crippen LogP) is 13.3. The molecule has 0 aliphatic heterocycles. The van der Waals surface area contributed by atoms with Crippen molar-refractivity contribution in [2.45, 2.75) is 181 Å². The van der Waals surface area contributed by atoms with Gasteiger partial charge in [-0.1, -0.05) is 164 Å². The van der Waals surface area contributed by atoms with Crippen LogP contribution in [0.1, 0.15) is 175 Å². The third-order valence-corrected chi connectivity index (χ3v) is 8.41. The predicted molar refractivity (Wildman–Crippen MR) is 224 cm³/mol. The zero-order valence-corrected chi connectivity index (χ0v) is 34.0. The Morgan fingerprint density at radius 1 is 0.396 bits per heavy atom. The molecule has 0 rings (SSSR count). The average molecular weight is 737 g/mol. The third-order valence-electron chi connectivity index (χ3n) is 8.41. The van der Waals surface area contributed by atoms with Crippen LogP contribution in [-0.2, 0) is 28.6 Å². The molecule has 0 spiro atoms. The van der Waals surface area contributed by atoms with E-state index in [0.717, 1.165) is 83.5 Å². The van der Waals surface area contributed by atoms with Gasteiger partial charge in [0.25, 0.3) is 0 Å². The second kappa shape index (κ2) is 41.3. The monoisotopic (exact) mass is 737 g/mol. The van der Waals surface area contributed by atoms with Crippen LogP contribution in [0.15, 0.2) is 85.1 Å². The lowest BCUT2D eigenvalue weighted by molar-refractivity contribution is -0.166. The Morgan fingerprint density at radius 3 is 1.26 bits per heavy atom. The maximum atomic E-state index is 12.6. The molecule has 0 amide bonds. The van der Waals surface area contributed by atoms with Crippen LogP contribution < -0.4 is 0 Å². The van der Waals surface area contributed by atoms with E-state index in [1.807, 2.05) is 12.2 Å².